The third-order valence-electron chi connectivity index (χ3n) is 2.37. The van der Waals surface area contributed by atoms with Crippen molar-refractivity contribution in [3.63, 3.8) is 0 Å². The maximum atomic E-state index is 13.3. The average Bonchev–Trinajstić information content (AvgIpc) is 2.37. The molecule has 19 heavy (non-hydrogen) atoms. The molecule has 0 aromatic heterocycles. The van der Waals surface area contributed by atoms with Crippen molar-refractivity contribution >= 4 is 11.6 Å². The van der Waals surface area contributed by atoms with Gasteiger partial charge in [0.2, 0.25) is 0 Å². The molecule has 0 aliphatic rings. The molecule has 0 bridgehead atoms. The summed E-state index contributed by atoms with van der Waals surface area (Å²) in [6.45, 7) is 0. The quantitative estimate of drug-likeness (QED) is 0.831. The summed E-state index contributed by atoms with van der Waals surface area (Å²) >= 11 is 0. The molecular formula is C13H7F4NO. The van der Waals surface area contributed by atoms with Crippen molar-refractivity contribution in [2.75, 3.05) is 5.32 Å². The summed E-state index contributed by atoms with van der Waals surface area (Å²) < 4.78 is 52.4. The predicted molar refractivity (Wildman–Crippen MR) is 60.7 cm³/mol. The normalized spacial score (nSPS) is 10.3. The van der Waals surface area contributed by atoms with E-state index in [1.54, 1.807) is 0 Å². The predicted octanol–water partition coefficient (Wildman–Crippen LogP) is 3.50. The van der Waals surface area contributed by atoms with E-state index < -0.39 is 40.4 Å². The van der Waals surface area contributed by atoms with Gasteiger partial charge in [-0.3, -0.25) is 4.79 Å². The maximum Gasteiger partial charge on any atom is 0.258 e. The summed E-state index contributed by atoms with van der Waals surface area (Å²) in [4.78, 5) is 11.6. The fraction of sp³-hybridized carbons (Fsp3) is 0. The Labute approximate surface area is 105 Å². The second kappa shape index (κ2) is 5.09. The molecule has 1 N–H and O–H groups in total. The van der Waals surface area contributed by atoms with Crippen LogP contribution in [0.25, 0.3) is 0 Å². The lowest BCUT2D eigenvalue weighted by atomic mass is 10.2. The topological polar surface area (TPSA) is 29.1 Å². The number of rotatable bonds is 2. The molecule has 6 heteroatoms. The van der Waals surface area contributed by atoms with E-state index in [-0.39, 0.29) is 0 Å². The second-order valence-corrected chi connectivity index (χ2v) is 3.68. The van der Waals surface area contributed by atoms with Gasteiger partial charge in [0.15, 0.2) is 11.6 Å². The van der Waals surface area contributed by atoms with E-state index in [0.717, 1.165) is 36.4 Å². The molecule has 0 fully saturated rings. The third kappa shape index (κ3) is 2.73. The molecule has 1 amide bonds. The lowest BCUT2D eigenvalue weighted by molar-refractivity contribution is 0.102. The summed E-state index contributed by atoms with van der Waals surface area (Å²) in [7, 11) is 0. The smallest absolute Gasteiger partial charge is 0.258 e. The van der Waals surface area contributed by atoms with Crippen LogP contribution in [0.5, 0.6) is 0 Å². The van der Waals surface area contributed by atoms with E-state index in [2.05, 4.69) is 0 Å². The minimum absolute atomic E-state index is 0.450. The largest absolute Gasteiger partial charge is 0.319 e. The van der Waals surface area contributed by atoms with Crippen LogP contribution in [0.15, 0.2) is 36.4 Å². The number of hydrogen-bond acceptors (Lipinski definition) is 1. The zero-order chi connectivity index (χ0) is 14.0. The first-order valence-electron chi connectivity index (χ1n) is 5.19. The molecule has 0 radical (unpaired) electrons. The van der Waals surface area contributed by atoms with Crippen LogP contribution in [-0.4, -0.2) is 5.91 Å². The van der Waals surface area contributed by atoms with Crippen molar-refractivity contribution in [1.82, 2.24) is 0 Å². The van der Waals surface area contributed by atoms with Crippen LogP contribution < -0.4 is 5.32 Å². The van der Waals surface area contributed by atoms with Gasteiger partial charge in [-0.05, 0) is 24.3 Å². The highest BCUT2D eigenvalue weighted by atomic mass is 19.2. The maximum absolute atomic E-state index is 13.3. The third-order valence-corrected chi connectivity index (χ3v) is 2.37. The van der Waals surface area contributed by atoms with E-state index in [9.17, 15) is 22.4 Å². The van der Waals surface area contributed by atoms with Crippen LogP contribution in [0.2, 0.25) is 0 Å². The van der Waals surface area contributed by atoms with Gasteiger partial charge in [-0.1, -0.05) is 6.07 Å². The summed E-state index contributed by atoms with van der Waals surface area (Å²) in [6.07, 6.45) is 0. The molecule has 2 aromatic rings. The lowest BCUT2D eigenvalue weighted by Gasteiger charge is -2.07. The van der Waals surface area contributed by atoms with E-state index in [4.69, 9.17) is 0 Å². The van der Waals surface area contributed by atoms with Gasteiger partial charge in [-0.25, -0.2) is 17.6 Å². The second-order valence-electron chi connectivity index (χ2n) is 3.68. The molecule has 0 saturated carbocycles. The molecule has 2 aromatic carbocycles. The first-order chi connectivity index (χ1) is 8.99. The van der Waals surface area contributed by atoms with Crippen LogP contribution in [0.1, 0.15) is 10.4 Å². The van der Waals surface area contributed by atoms with Crippen LogP contribution in [-0.2, 0) is 0 Å². The Morgan fingerprint density at radius 2 is 1.68 bits per heavy atom. The van der Waals surface area contributed by atoms with Gasteiger partial charge >= 0.3 is 0 Å². The van der Waals surface area contributed by atoms with Crippen molar-refractivity contribution in [3.05, 3.63) is 65.2 Å². The summed E-state index contributed by atoms with van der Waals surface area (Å²) in [5.74, 6) is -5.27. The summed E-state index contributed by atoms with van der Waals surface area (Å²) in [5.41, 5.74) is -1.04. The minimum Gasteiger partial charge on any atom is -0.319 e. The van der Waals surface area contributed by atoms with Gasteiger partial charge < -0.3 is 5.32 Å². The average molecular weight is 269 g/mol. The van der Waals surface area contributed by atoms with Gasteiger partial charge in [0.25, 0.3) is 5.91 Å². The number of hydrogen-bond donors (Lipinski definition) is 1. The van der Waals surface area contributed by atoms with Gasteiger partial charge in [-0.15, -0.1) is 0 Å². The van der Waals surface area contributed by atoms with Gasteiger partial charge in [-0.2, -0.15) is 0 Å². The van der Waals surface area contributed by atoms with Crippen LogP contribution >= 0.6 is 0 Å². The molecule has 0 aliphatic carbocycles. The molecule has 0 aliphatic heterocycles. The monoisotopic (exact) mass is 269 g/mol. The lowest BCUT2D eigenvalue weighted by Crippen LogP contribution is -2.15. The van der Waals surface area contributed by atoms with Crippen molar-refractivity contribution < 1.29 is 22.4 Å². The number of halogens is 4. The molecule has 0 unspecified atom stereocenters. The summed E-state index contributed by atoms with van der Waals surface area (Å²) in [5, 5.41) is 1.97. The van der Waals surface area contributed by atoms with Crippen LogP contribution in [0.3, 0.4) is 0 Å². The van der Waals surface area contributed by atoms with Crippen molar-refractivity contribution in [1.29, 1.82) is 0 Å². The van der Waals surface area contributed by atoms with Crippen LogP contribution in [0, 0.1) is 23.3 Å². The molecule has 98 valence electrons. The van der Waals surface area contributed by atoms with Crippen molar-refractivity contribution in [2.24, 2.45) is 0 Å². The van der Waals surface area contributed by atoms with Gasteiger partial charge in [0, 0.05) is 6.07 Å². The van der Waals surface area contributed by atoms with E-state index in [1.165, 1.54) is 0 Å². The highest BCUT2D eigenvalue weighted by Gasteiger charge is 2.16. The number of amides is 1. The standard InChI is InChI=1S/C13H7F4NO/c14-7-4-5-9(15)11(6-7)18-13(19)8-2-1-3-10(16)12(8)17/h1-6H,(H,18,19). The van der Waals surface area contributed by atoms with Crippen molar-refractivity contribution in [3.8, 4) is 0 Å². The first-order valence-corrected chi connectivity index (χ1v) is 5.19. The van der Waals surface area contributed by atoms with Gasteiger partial charge in [0.1, 0.15) is 11.6 Å². The number of carbonyl (C=O) groups is 1. The highest BCUT2D eigenvalue weighted by molar-refractivity contribution is 6.04. The highest BCUT2D eigenvalue weighted by Crippen LogP contribution is 2.18. The SMILES string of the molecule is O=C(Nc1cc(F)ccc1F)c1cccc(F)c1F. The van der Waals surface area contributed by atoms with Gasteiger partial charge in [0.05, 0.1) is 11.3 Å². The first kappa shape index (κ1) is 13.1. The molecule has 0 saturated heterocycles. The number of anilines is 1. The minimum atomic E-state index is -1.35. The molecular weight excluding hydrogens is 262 g/mol. The molecule has 0 spiro atoms. The summed E-state index contributed by atoms with van der Waals surface area (Å²) in [6, 6.07) is 5.43. The zero-order valence-corrected chi connectivity index (χ0v) is 9.38. The number of nitrogens with one attached hydrogen (secondary N) is 1. The Morgan fingerprint density at radius 1 is 0.947 bits per heavy atom. The number of carbonyl (C=O) groups excluding carboxylic acids is 1. The fourth-order valence-electron chi connectivity index (χ4n) is 1.46. The Bertz CT molecular complexity index is 643. The molecule has 0 heterocycles. The number of benzene rings is 2. The molecule has 2 nitrogen and oxygen atoms in total. The van der Waals surface area contributed by atoms with Crippen molar-refractivity contribution in [2.45, 2.75) is 0 Å². The Kier molecular flexibility index (Phi) is 3.50. The molecule has 2 rings (SSSR count). The molecule has 0 atom stereocenters. The Morgan fingerprint density at radius 3 is 2.42 bits per heavy atom. The van der Waals surface area contributed by atoms with Crippen LogP contribution in [0.4, 0.5) is 23.2 Å². The Hall–Kier alpha value is -2.37. The fourth-order valence-corrected chi connectivity index (χ4v) is 1.46. The van der Waals surface area contributed by atoms with E-state index >= 15 is 0 Å². The van der Waals surface area contributed by atoms with E-state index in [0.29, 0.717) is 0 Å². The Balaban J connectivity index is 2.31. The van der Waals surface area contributed by atoms with E-state index in [1.807, 2.05) is 5.32 Å². The zero-order valence-electron chi connectivity index (χ0n) is 9.38.